The number of rotatable bonds is 5. The van der Waals surface area contributed by atoms with E-state index in [1.54, 1.807) is 0 Å². The first-order valence-electron chi connectivity index (χ1n) is 8.46. The SMILES string of the molecule is COC(=O)c1ccc(OC2CCN(Cc3ccccc3)CC2)c(F)c1. The van der Waals surface area contributed by atoms with Crippen molar-refractivity contribution < 1.29 is 18.7 Å². The Kier molecular flexibility index (Phi) is 5.66. The molecule has 0 atom stereocenters. The Bertz CT molecular complexity index is 712. The standard InChI is InChI=1S/C20H22FNO3/c1-24-20(23)16-7-8-19(18(21)13-16)25-17-9-11-22(12-10-17)14-15-5-3-2-4-6-15/h2-8,13,17H,9-12,14H2,1H3. The third kappa shape index (κ3) is 4.57. The van der Waals surface area contributed by atoms with Gasteiger partial charge in [0, 0.05) is 19.6 Å². The molecule has 1 heterocycles. The van der Waals surface area contributed by atoms with Crippen LogP contribution >= 0.6 is 0 Å². The number of hydrogen-bond acceptors (Lipinski definition) is 4. The first kappa shape index (κ1) is 17.4. The maximum atomic E-state index is 14.1. The van der Waals surface area contributed by atoms with Crippen LogP contribution in [-0.2, 0) is 11.3 Å². The molecule has 0 amide bonds. The highest BCUT2D eigenvalue weighted by Gasteiger charge is 2.22. The lowest BCUT2D eigenvalue weighted by Gasteiger charge is -2.32. The Hall–Kier alpha value is -2.40. The minimum absolute atomic E-state index is 0.00880. The van der Waals surface area contributed by atoms with Crippen LogP contribution in [0.15, 0.2) is 48.5 Å². The van der Waals surface area contributed by atoms with E-state index in [2.05, 4.69) is 21.8 Å². The number of esters is 1. The van der Waals surface area contributed by atoms with Gasteiger partial charge in [-0.2, -0.15) is 0 Å². The maximum absolute atomic E-state index is 14.1. The molecule has 0 bridgehead atoms. The molecule has 1 aliphatic heterocycles. The van der Waals surface area contributed by atoms with Crippen molar-refractivity contribution in [2.75, 3.05) is 20.2 Å². The largest absolute Gasteiger partial charge is 0.487 e. The Balaban J connectivity index is 1.53. The van der Waals surface area contributed by atoms with Gasteiger partial charge in [-0.25, -0.2) is 9.18 Å². The van der Waals surface area contributed by atoms with Crippen molar-refractivity contribution in [1.29, 1.82) is 0 Å². The molecule has 1 saturated heterocycles. The fraction of sp³-hybridized carbons (Fsp3) is 0.350. The Morgan fingerprint density at radius 2 is 1.88 bits per heavy atom. The molecular formula is C20H22FNO3. The number of piperidine rings is 1. The van der Waals surface area contributed by atoms with Crippen LogP contribution in [0.4, 0.5) is 4.39 Å². The van der Waals surface area contributed by atoms with Gasteiger partial charge in [-0.1, -0.05) is 30.3 Å². The summed E-state index contributed by atoms with van der Waals surface area (Å²) in [5, 5.41) is 0. The summed E-state index contributed by atoms with van der Waals surface area (Å²) in [7, 11) is 1.27. The second-order valence-corrected chi connectivity index (χ2v) is 6.22. The first-order valence-corrected chi connectivity index (χ1v) is 8.46. The van der Waals surface area contributed by atoms with E-state index < -0.39 is 11.8 Å². The lowest BCUT2D eigenvalue weighted by molar-refractivity contribution is 0.0599. The third-order valence-electron chi connectivity index (χ3n) is 4.43. The quantitative estimate of drug-likeness (QED) is 0.777. The predicted molar refractivity (Wildman–Crippen MR) is 93.1 cm³/mol. The van der Waals surface area contributed by atoms with E-state index in [4.69, 9.17) is 4.74 Å². The zero-order chi connectivity index (χ0) is 17.6. The van der Waals surface area contributed by atoms with Gasteiger partial charge < -0.3 is 9.47 Å². The van der Waals surface area contributed by atoms with Gasteiger partial charge in [0.25, 0.3) is 0 Å². The number of benzene rings is 2. The molecule has 0 unspecified atom stereocenters. The predicted octanol–water partition coefficient (Wildman–Crippen LogP) is 3.66. The summed E-state index contributed by atoms with van der Waals surface area (Å²) in [4.78, 5) is 13.8. The topological polar surface area (TPSA) is 38.8 Å². The molecule has 1 fully saturated rings. The zero-order valence-electron chi connectivity index (χ0n) is 14.3. The average molecular weight is 343 g/mol. The average Bonchev–Trinajstić information content (AvgIpc) is 2.65. The van der Waals surface area contributed by atoms with Crippen LogP contribution in [0.25, 0.3) is 0 Å². The van der Waals surface area contributed by atoms with Gasteiger partial charge in [0.1, 0.15) is 6.10 Å². The molecule has 3 rings (SSSR count). The Morgan fingerprint density at radius 1 is 1.16 bits per heavy atom. The number of methoxy groups -OCH3 is 1. The fourth-order valence-electron chi connectivity index (χ4n) is 3.05. The van der Waals surface area contributed by atoms with E-state index in [1.807, 2.05) is 18.2 Å². The molecule has 5 heteroatoms. The van der Waals surface area contributed by atoms with Crippen LogP contribution in [0.2, 0.25) is 0 Å². The zero-order valence-corrected chi connectivity index (χ0v) is 14.3. The normalized spacial score (nSPS) is 15.8. The smallest absolute Gasteiger partial charge is 0.337 e. The Labute approximate surface area is 147 Å². The van der Waals surface area contributed by atoms with E-state index >= 15 is 0 Å². The lowest BCUT2D eigenvalue weighted by atomic mass is 10.1. The maximum Gasteiger partial charge on any atom is 0.337 e. The summed E-state index contributed by atoms with van der Waals surface area (Å²) in [6.45, 7) is 2.76. The number of halogens is 1. The van der Waals surface area contributed by atoms with Crippen molar-refractivity contribution in [2.24, 2.45) is 0 Å². The van der Waals surface area contributed by atoms with E-state index in [0.717, 1.165) is 38.5 Å². The molecule has 0 spiro atoms. The van der Waals surface area contributed by atoms with Crippen LogP contribution in [0, 0.1) is 5.82 Å². The van der Waals surface area contributed by atoms with Crippen LogP contribution < -0.4 is 4.74 Å². The number of likely N-dealkylation sites (tertiary alicyclic amines) is 1. The highest BCUT2D eigenvalue weighted by atomic mass is 19.1. The van der Waals surface area contributed by atoms with E-state index in [1.165, 1.54) is 24.8 Å². The first-order chi connectivity index (χ1) is 12.2. The molecule has 0 saturated carbocycles. The number of hydrogen-bond donors (Lipinski definition) is 0. The van der Waals surface area contributed by atoms with Crippen LogP contribution in [0.1, 0.15) is 28.8 Å². The number of nitrogens with zero attached hydrogens (tertiary/aromatic N) is 1. The summed E-state index contributed by atoms with van der Waals surface area (Å²) in [5.41, 5.74) is 1.48. The second-order valence-electron chi connectivity index (χ2n) is 6.22. The second kappa shape index (κ2) is 8.12. The van der Waals surface area contributed by atoms with E-state index in [-0.39, 0.29) is 17.4 Å². The van der Waals surface area contributed by atoms with Crippen molar-refractivity contribution in [3.05, 3.63) is 65.5 Å². The van der Waals surface area contributed by atoms with Crippen LogP contribution in [0.3, 0.4) is 0 Å². The molecule has 0 aliphatic carbocycles. The number of carbonyl (C=O) groups excluding carboxylic acids is 1. The molecule has 4 nitrogen and oxygen atoms in total. The van der Waals surface area contributed by atoms with Gasteiger partial charge in [-0.3, -0.25) is 4.90 Å². The highest BCUT2D eigenvalue weighted by Crippen LogP contribution is 2.24. The minimum Gasteiger partial charge on any atom is -0.487 e. The molecule has 2 aromatic carbocycles. The molecule has 0 aromatic heterocycles. The lowest BCUT2D eigenvalue weighted by Crippen LogP contribution is -2.37. The van der Waals surface area contributed by atoms with Gasteiger partial charge in [-0.05, 0) is 36.6 Å². The minimum atomic E-state index is -0.556. The van der Waals surface area contributed by atoms with Crippen molar-refractivity contribution in [3.8, 4) is 5.75 Å². The van der Waals surface area contributed by atoms with Gasteiger partial charge >= 0.3 is 5.97 Å². The van der Waals surface area contributed by atoms with Crippen molar-refractivity contribution in [1.82, 2.24) is 4.90 Å². The fourth-order valence-corrected chi connectivity index (χ4v) is 3.05. The summed E-state index contributed by atoms with van der Waals surface area (Å²) < 4.78 is 24.5. The molecule has 25 heavy (non-hydrogen) atoms. The monoisotopic (exact) mass is 343 g/mol. The molecule has 1 aliphatic rings. The summed E-state index contributed by atoms with van der Waals surface area (Å²) in [6, 6.07) is 14.5. The highest BCUT2D eigenvalue weighted by molar-refractivity contribution is 5.89. The number of carbonyl (C=O) groups is 1. The van der Waals surface area contributed by atoms with Crippen molar-refractivity contribution in [3.63, 3.8) is 0 Å². The van der Waals surface area contributed by atoms with Gasteiger partial charge in [0.05, 0.1) is 12.7 Å². The number of ether oxygens (including phenoxy) is 2. The molecule has 2 aromatic rings. The summed E-state index contributed by atoms with van der Waals surface area (Å²) in [5.74, 6) is -0.900. The van der Waals surface area contributed by atoms with Gasteiger partial charge in [0.15, 0.2) is 11.6 Å². The van der Waals surface area contributed by atoms with Gasteiger partial charge in [0.2, 0.25) is 0 Å². The van der Waals surface area contributed by atoms with Crippen molar-refractivity contribution in [2.45, 2.75) is 25.5 Å². The molecule has 0 radical (unpaired) electrons. The molecule has 0 N–H and O–H groups in total. The van der Waals surface area contributed by atoms with E-state index in [9.17, 15) is 9.18 Å². The van der Waals surface area contributed by atoms with Crippen LogP contribution in [0.5, 0.6) is 5.75 Å². The summed E-state index contributed by atoms with van der Waals surface area (Å²) in [6.07, 6.45) is 1.70. The third-order valence-corrected chi connectivity index (χ3v) is 4.43. The molecule has 132 valence electrons. The van der Waals surface area contributed by atoms with Gasteiger partial charge in [-0.15, -0.1) is 0 Å². The van der Waals surface area contributed by atoms with E-state index in [0.29, 0.717) is 0 Å². The summed E-state index contributed by atoms with van der Waals surface area (Å²) >= 11 is 0. The van der Waals surface area contributed by atoms with Crippen LogP contribution in [-0.4, -0.2) is 37.2 Å². The Morgan fingerprint density at radius 3 is 2.52 bits per heavy atom. The van der Waals surface area contributed by atoms with Crippen molar-refractivity contribution >= 4 is 5.97 Å². The molecular weight excluding hydrogens is 321 g/mol.